The van der Waals surface area contributed by atoms with E-state index in [0.717, 1.165) is 45.2 Å². The molecule has 1 aliphatic carbocycles. The van der Waals surface area contributed by atoms with E-state index in [1.165, 1.54) is 6.42 Å². The fourth-order valence-corrected chi connectivity index (χ4v) is 5.22. The van der Waals surface area contributed by atoms with E-state index in [1.807, 2.05) is 0 Å². The van der Waals surface area contributed by atoms with Crippen molar-refractivity contribution in [1.82, 2.24) is 10.0 Å². The van der Waals surface area contributed by atoms with Crippen LogP contribution in [0.2, 0.25) is 0 Å². The van der Waals surface area contributed by atoms with Gasteiger partial charge in [0.25, 0.3) is 0 Å². The molecule has 0 amide bonds. The molecule has 0 radical (unpaired) electrons. The monoisotopic (exact) mass is 288 g/mol. The smallest absolute Gasteiger partial charge is 0.212 e. The van der Waals surface area contributed by atoms with Gasteiger partial charge in [-0.3, -0.25) is 0 Å². The van der Waals surface area contributed by atoms with E-state index in [9.17, 15) is 8.42 Å². The third-order valence-electron chi connectivity index (χ3n) is 4.47. The number of rotatable bonds is 4. The number of nitrogens with one attached hydrogen (secondary N) is 2. The Labute approximate surface area is 117 Å². The van der Waals surface area contributed by atoms with E-state index < -0.39 is 10.0 Å². The first-order valence-electron chi connectivity index (χ1n) is 7.57. The van der Waals surface area contributed by atoms with Crippen LogP contribution in [0.4, 0.5) is 0 Å². The summed E-state index contributed by atoms with van der Waals surface area (Å²) in [6.45, 7) is 6.38. The third kappa shape index (κ3) is 5.04. The standard InChI is InChI=1S/C14H28N2O2S/c1-14(2)7-3-4-13(10-14)16-19(17,18)11-12-5-8-15-9-6-12/h12-13,15-16H,3-11H2,1-2H3. The Hall–Kier alpha value is -0.130. The molecule has 5 heteroatoms. The van der Waals surface area contributed by atoms with Crippen LogP contribution in [-0.2, 0) is 10.0 Å². The Morgan fingerprint density at radius 3 is 2.53 bits per heavy atom. The fraction of sp³-hybridized carbons (Fsp3) is 1.00. The van der Waals surface area contributed by atoms with Crippen LogP contribution in [0.1, 0.15) is 52.4 Å². The molecular formula is C14H28N2O2S. The van der Waals surface area contributed by atoms with Crippen LogP contribution in [0.15, 0.2) is 0 Å². The second-order valence-electron chi connectivity index (χ2n) is 7.05. The number of sulfonamides is 1. The van der Waals surface area contributed by atoms with Gasteiger partial charge in [0.05, 0.1) is 5.75 Å². The predicted octanol–water partition coefficient (Wildman–Crippen LogP) is 1.87. The van der Waals surface area contributed by atoms with Gasteiger partial charge < -0.3 is 5.32 Å². The fourth-order valence-electron chi connectivity index (χ4n) is 3.46. The number of hydrogen-bond acceptors (Lipinski definition) is 3. The third-order valence-corrected chi connectivity index (χ3v) is 6.07. The zero-order chi connectivity index (χ0) is 13.9. The van der Waals surface area contributed by atoms with E-state index in [4.69, 9.17) is 0 Å². The van der Waals surface area contributed by atoms with Gasteiger partial charge in [-0.15, -0.1) is 0 Å². The molecule has 1 saturated heterocycles. The van der Waals surface area contributed by atoms with Crippen LogP contribution >= 0.6 is 0 Å². The summed E-state index contributed by atoms with van der Waals surface area (Å²) in [6.07, 6.45) is 6.27. The minimum absolute atomic E-state index is 0.149. The van der Waals surface area contributed by atoms with Crippen molar-refractivity contribution >= 4 is 10.0 Å². The van der Waals surface area contributed by atoms with Gasteiger partial charge in [-0.05, 0) is 56.5 Å². The van der Waals surface area contributed by atoms with Crippen molar-refractivity contribution in [3.8, 4) is 0 Å². The molecule has 2 aliphatic rings. The maximum atomic E-state index is 12.2. The second kappa shape index (κ2) is 6.10. The molecule has 0 aromatic heterocycles. The van der Waals surface area contributed by atoms with Gasteiger partial charge in [-0.1, -0.05) is 20.3 Å². The molecule has 1 saturated carbocycles. The normalized spacial score (nSPS) is 29.3. The zero-order valence-electron chi connectivity index (χ0n) is 12.2. The zero-order valence-corrected chi connectivity index (χ0v) is 13.1. The molecule has 112 valence electrons. The first-order valence-corrected chi connectivity index (χ1v) is 9.22. The molecule has 0 bridgehead atoms. The summed E-state index contributed by atoms with van der Waals surface area (Å²) in [7, 11) is -3.11. The second-order valence-corrected chi connectivity index (χ2v) is 8.85. The maximum absolute atomic E-state index is 12.2. The van der Waals surface area contributed by atoms with Gasteiger partial charge in [0, 0.05) is 6.04 Å². The van der Waals surface area contributed by atoms with Crippen molar-refractivity contribution in [3.63, 3.8) is 0 Å². The summed E-state index contributed by atoms with van der Waals surface area (Å²) in [6, 6.07) is 0.149. The van der Waals surface area contributed by atoms with E-state index in [1.54, 1.807) is 0 Å². The van der Waals surface area contributed by atoms with Gasteiger partial charge in [0.2, 0.25) is 10.0 Å². The van der Waals surface area contributed by atoms with Crippen molar-refractivity contribution in [2.75, 3.05) is 18.8 Å². The summed E-state index contributed by atoms with van der Waals surface area (Å²) >= 11 is 0. The molecule has 2 N–H and O–H groups in total. The van der Waals surface area contributed by atoms with Crippen molar-refractivity contribution in [2.24, 2.45) is 11.3 Å². The van der Waals surface area contributed by atoms with Crippen molar-refractivity contribution in [1.29, 1.82) is 0 Å². The molecule has 0 spiro atoms. The topological polar surface area (TPSA) is 58.2 Å². The molecule has 1 unspecified atom stereocenters. The first-order chi connectivity index (χ1) is 8.86. The van der Waals surface area contributed by atoms with Gasteiger partial charge in [0.15, 0.2) is 0 Å². The Morgan fingerprint density at radius 2 is 1.89 bits per heavy atom. The van der Waals surface area contributed by atoms with Crippen LogP contribution in [0.5, 0.6) is 0 Å². The van der Waals surface area contributed by atoms with Crippen LogP contribution in [-0.4, -0.2) is 33.3 Å². The van der Waals surface area contributed by atoms with Crippen LogP contribution < -0.4 is 10.0 Å². The highest BCUT2D eigenvalue weighted by Gasteiger charge is 2.31. The number of piperidine rings is 1. The predicted molar refractivity (Wildman–Crippen MR) is 78.6 cm³/mol. The average molecular weight is 288 g/mol. The lowest BCUT2D eigenvalue weighted by Gasteiger charge is -2.35. The first kappa shape index (κ1) is 15.3. The number of hydrogen-bond donors (Lipinski definition) is 2. The van der Waals surface area contributed by atoms with E-state index in [-0.39, 0.29) is 11.5 Å². The minimum atomic E-state index is -3.11. The quantitative estimate of drug-likeness (QED) is 0.830. The molecule has 1 aliphatic heterocycles. The summed E-state index contributed by atoms with van der Waals surface area (Å²) in [4.78, 5) is 0. The van der Waals surface area contributed by atoms with Crippen molar-refractivity contribution in [2.45, 2.75) is 58.4 Å². The summed E-state index contributed by atoms with van der Waals surface area (Å²) in [5.74, 6) is 0.640. The minimum Gasteiger partial charge on any atom is -0.317 e. The summed E-state index contributed by atoms with van der Waals surface area (Å²) in [5.41, 5.74) is 0.278. The van der Waals surface area contributed by atoms with Gasteiger partial charge in [0.1, 0.15) is 0 Å². The van der Waals surface area contributed by atoms with Gasteiger partial charge in [-0.25, -0.2) is 13.1 Å². The molecule has 0 aromatic carbocycles. The van der Waals surface area contributed by atoms with Crippen molar-refractivity contribution < 1.29 is 8.42 Å². The van der Waals surface area contributed by atoms with Crippen LogP contribution in [0.3, 0.4) is 0 Å². The molecule has 19 heavy (non-hydrogen) atoms. The largest absolute Gasteiger partial charge is 0.317 e. The SMILES string of the molecule is CC1(C)CCCC(NS(=O)(=O)CC2CCNCC2)C1. The Bertz CT molecular complexity index is 386. The van der Waals surface area contributed by atoms with Crippen molar-refractivity contribution in [3.05, 3.63) is 0 Å². The Kier molecular flexibility index (Phi) is 4.90. The summed E-state index contributed by atoms with van der Waals surface area (Å²) in [5, 5.41) is 3.28. The lowest BCUT2D eigenvalue weighted by atomic mass is 9.75. The summed E-state index contributed by atoms with van der Waals surface area (Å²) < 4.78 is 27.4. The average Bonchev–Trinajstić information content (AvgIpc) is 2.27. The Balaban J connectivity index is 1.86. The highest BCUT2D eigenvalue weighted by atomic mass is 32.2. The molecule has 2 fully saturated rings. The molecular weight excluding hydrogens is 260 g/mol. The van der Waals surface area contributed by atoms with Gasteiger partial charge in [-0.2, -0.15) is 0 Å². The van der Waals surface area contributed by atoms with Gasteiger partial charge >= 0.3 is 0 Å². The molecule has 2 rings (SSSR count). The Morgan fingerprint density at radius 1 is 1.21 bits per heavy atom. The highest BCUT2D eigenvalue weighted by Crippen LogP contribution is 2.35. The van der Waals surface area contributed by atoms with E-state index in [0.29, 0.717) is 11.7 Å². The lowest BCUT2D eigenvalue weighted by molar-refractivity contribution is 0.212. The molecule has 0 aromatic rings. The highest BCUT2D eigenvalue weighted by molar-refractivity contribution is 7.89. The molecule has 1 heterocycles. The van der Waals surface area contributed by atoms with Crippen LogP contribution in [0.25, 0.3) is 0 Å². The molecule has 1 atom stereocenters. The van der Waals surface area contributed by atoms with E-state index >= 15 is 0 Å². The lowest BCUT2D eigenvalue weighted by Crippen LogP contribution is -2.43. The van der Waals surface area contributed by atoms with E-state index in [2.05, 4.69) is 23.9 Å². The maximum Gasteiger partial charge on any atom is 0.212 e. The van der Waals surface area contributed by atoms with Crippen LogP contribution in [0, 0.1) is 11.3 Å². The molecule has 4 nitrogen and oxygen atoms in total.